The Balaban J connectivity index is 0.000000561. The molecule has 70 valence electrons. The van der Waals surface area contributed by atoms with E-state index in [9.17, 15) is 0 Å². The van der Waals surface area contributed by atoms with Crippen LogP contribution in [-0.4, -0.2) is 14.9 Å². The van der Waals surface area contributed by atoms with E-state index in [0.29, 0.717) is 0 Å². The Hall–Kier alpha value is -0.830. The van der Waals surface area contributed by atoms with Crippen LogP contribution in [0.15, 0.2) is 0 Å². The molecule has 0 radical (unpaired) electrons. The third-order valence-electron chi connectivity index (χ3n) is 1.82. The van der Waals surface area contributed by atoms with E-state index in [-0.39, 0.29) is 6.61 Å². The number of aryl methyl sites for hydroxylation is 2. The van der Waals surface area contributed by atoms with Crippen molar-refractivity contribution in [3.8, 4) is 0 Å². The van der Waals surface area contributed by atoms with Crippen LogP contribution in [0.2, 0.25) is 0 Å². The second kappa shape index (κ2) is 4.93. The molecule has 0 fully saturated rings. The van der Waals surface area contributed by atoms with E-state index >= 15 is 0 Å². The van der Waals surface area contributed by atoms with Gasteiger partial charge in [-0.2, -0.15) is 5.10 Å². The molecule has 1 aromatic heterocycles. The quantitative estimate of drug-likeness (QED) is 0.694. The lowest BCUT2D eigenvalue weighted by atomic mass is 10.2. The van der Waals surface area contributed by atoms with Crippen molar-refractivity contribution in [3.05, 3.63) is 17.0 Å². The zero-order valence-electron chi connectivity index (χ0n) is 8.55. The second-order valence-corrected chi connectivity index (χ2v) is 2.43. The predicted molar refractivity (Wildman–Crippen MR) is 50.0 cm³/mol. The van der Waals surface area contributed by atoms with Crippen molar-refractivity contribution in [1.29, 1.82) is 0 Å². The van der Waals surface area contributed by atoms with Gasteiger partial charge in [0.1, 0.15) is 0 Å². The van der Waals surface area contributed by atoms with Gasteiger partial charge < -0.3 is 5.11 Å². The van der Waals surface area contributed by atoms with Crippen molar-refractivity contribution in [1.82, 2.24) is 9.78 Å². The largest absolute Gasteiger partial charge is 0.392 e. The van der Waals surface area contributed by atoms with Crippen LogP contribution in [0.3, 0.4) is 0 Å². The van der Waals surface area contributed by atoms with Crippen LogP contribution in [-0.2, 0) is 13.7 Å². The van der Waals surface area contributed by atoms with Gasteiger partial charge >= 0.3 is 0 Å². The Morgan fingerprint density at radius 1 is 1.33 bits per heavy atom. The van der Waals surface area contributed by atoms with E-state index in [1.807, 2.05) is 34.7 Å². The molecule has 0 aliphatic heterocycles. The molecule has 0 aliphatic rings. The zero-order valence-corrected chi connectivity index (χ0v) is 8.55. The molecule has 1 N–H and O–H groups in total. The summed E-state index contributed by atoms with van der Waals surface area (Å²) in [5, 5.41) is 13.0. The normalized spacial score (nSPS) is 9.17. The first-order valence-corrected chi connectivity index (χ1v) is 4.26. The number of aliphatic hydroxyl groups excluding tert-OH is 1. The molecule has 0 bridgehead atoms. The van der Waals surface area contributed by atoms with Crippen molar-refractivity contribution in [2.24, 2.45) is 7.05 Å². The average molecular weight is 170 g/mol. The monoisotopic (exact) mass is 170 g/mol. The highest BCUT2D eigenvalue weighted by molar-refractivity contribution is 5.22. The molecule has 3 heteroatoms. The fourth-order valence-electron chi connectivity index (χ4n) is 1.05. The Kier molecular flexibility index (Phi) is 4.59. The lowest BCUT2D eigenvalue weighted by Gasteiger charge is -1.94. The summed E-state index contributed by atoms with van der Waals surface area (Å²) in [5.74, 6) is 0. The van der Waals surface area contributed by atoms with Gasteiger partial charge in [0.05, 0.1) is 12.3 Å². The molecular weight excluding hydrogens is 152 g/mol. The minimum Gasteiger partial charge on any atom is -0.392 e. The number of aromatic nitrogens is 2. The summed E-state index contributed by atoms with van der Waals surface area (Å²) in [7, 11) is 1.88. The highest BCUT2D eigenvalue weighted by atomic mass is 16.3. The van der Waals surface area contributed by atoms with Crippen molar-refractivity contribution in [3.63, 3.8) is 0 Å². The smallest absolute Gasteiger partial charge is 0.0717 e. The highest BCUT2D eigenvalue weighted by Crippen LogP contribution is 2.10. The molecule has 0 saturated heterocycles. The minimum absolute atomic E-state index is 0.0888. The molecule has 0 spiro atoms. The lowest BCUT2D eigenvalue weighted by Crippen LogP contribution is -1.93. The SMILES string of the molecule is CC.Cc1nn(C)c(C)c1CO. The predicted octanol–water partition coefficient (Wildman–Crippen LogP) is 1.56. The fraction of sp³-hybridized carbons (Fsp3) is 0.667. The zero-order chi connectivity index (χ0) is 9.72. The van der Waals surface area contributed by atoms with Crippen molar-refractivity contribution in [2.45, 2.75) is 34.3 Å². The summed E-state index contributed by atoms with van der Waals surface area (Å²) < 4.78 is 1.78. The Labute approximate surface area is 74.0 Å². The summed E-state index contributed by atoms with van der Waals surface area (Å²) in [6.07, 6.45) is 0. The average Bonchev–Trinajstić information content (AvgIpc) is 2.31. The summed E-state index contributed by atoms with van der Waals surface area (Å²) >= 11 is 0. The van der Waals surface area contributed by atoms with Gasteiger partial charge in [0, 0.05) is 18.3 Å². The standard InChI is InChI=1S/C7H12N2O.C2H6/c1-5-7(4-10)6(2)9(3)8-5;1-2/h10H,4H2,1-3H3;1-2H3. The minimum atomic E-state index is 0.0888. The van der Waals surface area contributed by atoms with Crippen LogP contribution < -0.4 is 0 Å². The van der Waals surface area contributed by atoms with Crippen molar-refractivity contribution in [2.75, 3.05) is 0 Å². The molecule has 1 rings (SSSR count). The maximum Gasteiger partial charge on any atom is 0.0717 e. The maximum atomic E-state index is 8.86. The van der Waals surface area contributed by atoms with E-state index in [1.54, 1.807) is 4.68 Å². The highest BCUT2D eigenvalue weighted by Gasteiger charge is 2.06. The summed E-state index contributed by atoms with van der Waals surface area (Å²) in [4.78, 5) is 0. The van der Waals surface area contributed by atoms with Gasteiger partial charge in [-0.1, -0.05) is 13.8 Å². The third kappa shape index (κ3) is 2.08. The molecule has 0 atom stereocenters. The van der Waals surface area contributed by atoms with Crippen LogP contribution in [0.4, 0.5) is 0 Å². The molecule has 0 saturated carbocycles. The third-order valence-corrected chi connectivity index (χ3v) is 1.82. The lowest BCUT2D eigenvalue weighted by molar-refractivity contribution is 0.280. The summed E-state index contributed by atoms with van der Waals surface area (Å²) in [6.45, 7) is 7.94. The summed E-state index contributed by atoms with van der Waals surface area (Å²) in [5.41, 5.74) is 2.91. The van der Waals surface area contributed by atoms with Crippen molar-refractivity contribution >= 4 is 0 Å². The number of hydrogen-bond donors (Lipinski definition) is 1. The first-order chi connectivity index (χ1) is 5.66. The number of aliphatic hydroxyl groups is 1. The van der Waals surface area contributed by atoms with Crippen molar-refractivity contribution < 1.29 is 5.11 Å². The molecule has 0 unspecified atom stereocenters. The van der Waals surface area contributed by atoms with Crippen LogP contribution >= 0.6 is 0 Å². The van der Waals surface area contributed by atoms with Gasteiger partial charge in [-0.25, -0.2) is 0 Å². The number of rotatable bonds is 1. The molecule has 1 heterocycles. The number of nitrogens with zero attached hydrogens (tertiary/aromatic N) is 2. The molecule has 0 aliphatic carbocycles. The van der Waals surface area contributed by atoms with E-state index in [2.05, 4.69) is 5.10 Å². The van der Waals surface area contributed by atoms with Gasteiger partial charge in [0.15, 0.2) is 0 Å². The van der Waals surface area contributed by atoms with E-state index in [0.717, 1.165) is 17.0 Å². The molecule has 1 aromatic rings. The Morgan fingerprint density at radius 3 is 2.00 bits per heavy atom. The topological polar surface area (TPSA) is 38.0 Å². The van der Waals surface area contributed by atoms with Gasteiger partial charge in [-0.3, -0.25) is 4.68 Å². The van der Waals surface area contributed by atoms with Crippen LogP contribution in [0.25, 0.3) is 0 Å². The molecule has 12 heavy (non-hydrogen) atoms. The van der Waals surface area contributed by atoms with Gasteiger partial charge in [0.2, 0.25) is 0 Å². The molecular formula is C9H18N2O. The second-order valence-electron chi connectivity index (χ2n) is 2.43. The van der Waals surface area contributed by atoms with Gasteiger partial charge in [0.25, 0.3) is 0 Å². The number of hydrogen-bond acceptors (Lipinski definition) is 2. The first kappa shape index (κ1) is 11.2. The molecule has 0 aromatic carbocycles. The van der Waals surface area contributed by atoms with Crippen LogP contribution in [0, 0.1) is 13.8 Å². The van der Waals surface area contributed by atoms with E-state index in [1.165, 1.54) is 0 Å². The van der Waals surface area contributed by atoms with E-state index < -0.39 is 0 Å². The van der Waals surface area contributed by atoms with Gasteiger partial charge in [-0.05, 0) is 13.8 Å². The Bertz CT molecular complexity index is 241. The fourth-order valence-corrected chi connectivity index (χ4v) is 1.05. The van der Waals surface area contributed by atoms with E-state index in [4.69, 9.17) is 5.11 Å². The Morgan fingerprint density at radius 2 is 1.83 bits per heavy atom. The molecule has 0 amide bonds. The van der Waals surface area contributed by atoms with Crippen LogP contribution in [0.1, 0.15) is 30.8 Å². The first-order valence-electron chi connectivity index (χ1n) is 4.26. The maximum absolute atomic E-state index is 8.86. The summed E-state index contributed by atoms with van der Waals surface area (Å²) in [6, 6.07) is 0. The van der Waals surface area contributed by atoms with Crippen LogP contribution in [0.5, 0.6) is 0 Å². The van der Waals surface area contributed by atoms with Gasteiger partial charge in [-0.15, -0.1) is 0 Å². The molecule has 3 nitrogen and oxygen atoms in total.